The molecule has 0 aliphatic rings. The van der Waals surface area contributed by atoms with Gasteiger partial charge in [-0.25, -0.2) is 4.98 Å². The summed E-state index contributed by atoms with van der Waals surface area (Å²) in [7, 11) is 1.59. The predicted molar refractivity (Wildman–Crippen MR) is 104 cm³/mol. The van der Waals surface area contributed by atoms with Crippen molar-refractivity contribution in [2.45, 2.75) is 6.92 Å². The van der Waals surface area contributed by atoms with Crippen LogP contribution >= 0.6 is 23.2 Å². The number of imidazole rings is 1. The van der Waals surface area contributed by atoms with Gasteiger partial charge in [0.2, 0.25) is 5.82 Å². The highest BCUT2D eigenvalue weighted by Crippen LogP contribution is 2.36. The van der Waals surface area contributed by atoms with Crippen molar-refractivity contribution in [3.8, 4) is 28.7 Å². The first-order chi connectivity index (χ1) is 13.5. The molecule has 0 bridgehead atoms. The number of ether oxygens (including phenoxy) is 2. The van der Waals surface area contributed by atoms with Crippen LogP contribution in [0.4, 0.5) is 0 Å². The molecule has 8 nitrogen and oxygen atoms in total. The molecule has 4 aromatic rings. The van der Waals surface area contributed by atoms with Crippen molar-refractivity contribution in [1.29, 1.82) is 0 Å². The van der Waals surface area contributed by atoms with Crippen LogP contribution in [0.15, 0.2) is 35.2 Å². The van der Waals surface area contributed by atoms with Gasteiger partial charge in [-0.15, -0.1) is 0 Å². The highest BCUT2D eigenvalue weighted by molar-refractivity contribution is 6.36. The molecule has 0 unspecified atom stereocenters. The quantitative estimate of drug-likeness (QED) is 0.434. The Morgan fingerprint density at radius 1 is 1.11 bits per heavy atom. The molecule has 144 valence electrons. The summed E-state index contributed by atoms with van der Waals surface area (Å²) < 4.78 is 17.7. The van der Waals surface area contributed by atoms with E-state index in [1.807, 2.05) is 17.5 Å². The summed E-state index contributed by atoms with van der Waals surface area (Å²) in [4.78, 5) is 13.1. The molecule has 0 radical (unpaired) electrons. The molecule has 0 saturated heterocycles. The minimum absolute atomic E-state index is 0.268. The molecule has 0 aliphatic carbocycles. The summed E-state index contributed by atoms with van der Waals surface area (Å²) in [5.41, 5.74) is 2.62. The number of fused-ring (bicyclic) bond motifs is 1. The number of aromatic nitrogens is 5. The fraction of sp³-hybridized carbons (Fsp3) is 0.222. The number of methoxy groups -OCH3 is 1. The molecule has 0 spiro atoms. The van der Waals surface area contributed by atoms with E-state index in [2.05, 4.69) is 20.1 Å². The maximum atomic E-state index is 6.37. The largest absolute Gasteiger partial charge is 0.490 e. The molecule has 0 N–H and O–H groups in total. The van der Waals surface area contributed by atoms with E-state index in [9.17, 15) is 0 Å². The summed E-state index contributed by atoms with van der Waals surface area (Å²) in [6.45, 7) is 2.71. The van der Waals surface area contributed by atoms with Crippen LogP contribution in [0.2, 0.25) is 10.0 Å². The maximum Gasteiger partial charge on any atom is 0.278 e. The Morgan fingerprint density at radius 2 is 1.96 bits per heavy atom. The molecule has 4 rings (SSSR count). The monoisotopic (exact) mass is 419 g/mol. The van der Waals surface area contributed by atoms with E-state index in [0.29, 0.717) is 51.7 Å². The summed E-state index contributed by atoms with van der Waals surface area (Å²) >= 11 is 12.7. The Bertz CT molecular complexity index is 1140. The Kier molecular flexibility index (Phi) is 5.17. The maximum absolute atomic E-state index is 6.37. The van der Waals surface area contributed by atoms with Crippen molar-refractivity contribution < 1.29 is 14.0 Å². The smallest absolute Gasteiger partial charge is 0.278 e. The lowest BCUT2D eigenvalue weighted by atomic mass is 10.2. The number of rotatable bonds is 6. The number of hydrogen-bond donors (Lipinski definition) is 0. The van der Waals surface area contributed by atoms with Crippen molar-refractivity contribution in [2.24, 2.45) is 0 Å². The average Bonchev–Trinajstić information content (AvgIpc) is 3.30. The third-order valence-electron chi connectivity index (χ3n) is 3.92. The first-order valence-electron chi connectivity index (χ1n) is 8.31. The van der Waals surface area contributed by atoms with Crippen LogP contribution in [0, 0.1) is 6.92 Å². The SMILES string of the molecule is COCCOc1cc(Cl)c(-c2noc(-c3cn4cc(C)ncc4n3)n2)cc1Cl. The van der Waals surface area contributed by atoms with E-state index in [1.54, 1.807) is 31.6 Å². The van der Waals surface area contributed by atoms with E-state index >= 15 is 0 Å². The zero-order valence-electron chi connectivity index (χ0n) is 15.0. The van der Waals surface area contributed by atoms with Crippen LogP contribution < -0.4 is 4.74 Å². The molecule has 0 fully saturated rings. The van der Waals surface area contributed by atoms with Crippen molar-refractivity contribution >= 4 is 28.8 Å². The van der Waals surface area contributed by atoms with E-state index in [-0.39, 0.29) is 5.89 Å². The van der Waals surface area contributed by atoms with Crippen LogP contribution in [0.25, 0.3) is 28.6 Å². The highest BCUT2D eigenvalue weighted by atomic mass is 35.5. The molecular weight excluding hydrogens is 405 g/mol. The van der Waals surface area contributed by atoms with Gasteiger partial charge in [-0.05, 0) is 13.0 Å². The zero-order valence-corrected chi connectivity index (χ0v) is 16.5. The van der Waals surface area contributed by atoms with Gasteiger partial charge in [0, 0.05) is 31.1 Å². The number of nitrogens with zero attached hydrogens (tertiary/aromatic N) is 5. The lowest BCUT2D eigenvalue weighted by molar-refractivity contribution is 0.146. The Labute approximate surface area is 170 Å². The van der Waals surface area contributed by atoms with Gasteiger partial charge in [-0.3, -0.25) is 4.98 Å². The van der Waals surface area contributed by atoms with Gasteiger partial charge in [0.1, 0.15) is 18.1 Å². The molecule has 0 saturated carbocycles. The average molecular weight is 420 g/mol. The van der Waals surface area contributed by atoms with Gasteiger partial charge in [0.25, 0.3) is 5.89 Å². The fourth-order valence-corrected chi connectivity index (χ4v) is 3.04. The molecule has 0 atom stereocenters. The summed E-state index contributed by atoms with van der Waals surface area (Å²) in [5.74, 6) is 1.03. The normalized spacial score (nSPS) is 11.3. The predicted octanol–water partition coefficient (Wildman–Crippen LogP) is 4.09. The van der Waals surface area contributed by atoms with Crippen molar-refractivity contribution in [2.75, 3.05) is 20.3 Å². The van der Waals surface area contributed by atoms with Gasteiger partial charge in [-0.1, -0.05) is 28.4 Å². The van der Waals surface area contributed by atoms with Crippen LogP contribution in [0.5, 0.6) is 5.75 Å². The van der Waals surface area contributed by atoms with E-state index in [4.69, 9.17) is 37.2 Å². The molecule has 0 aliphatic heterocycles. The molecule has 3 aromatic heterocycles. The second-order valence-corrected chi connectivity index (χ2v) is 6.76. The fourth-order valence-electron chi connectivity index (χ4n) is 2.59. The van der Waals surface area contributed by atoms with Crippen molar-refractivity contribution in [3.63, 3.8) is 0 Å². The van der Waals surface area contributed by atoms with Crippen LogP contribution in [-0.2, 0) is 4.74 Å². The van der Waals surface area contributed by atoms with E-state index in [0.717, 1.165) is 5.69 Å². The standard InChI is InChI=1S/C18H15Cl2N5O3/c1-10-8-25-9-14(22-16(25)7-21-10)18-23-17(24-28-18)11-5-13(20)15(6-12(11)19)27-4-3-26-2/h5-9H,3-4H2,1-2H3. The number of hydrogen-bond acceptors (Lipinski definition) is 7. The molecule has 10 heteroatoms. The highest BCUT2D eigenvalue weighted by Gasteiger charge is 2.18. The number of aryl methyl sites for hydroxylation is 1. The summed E-state index contributed by atoms with van der Waals surface area (Å²) in [5, 5.41) is 4.78. The first-order valence-corrected chi connectivity index (χ1v) is 9.07. The Morgan fingerprint density at radius 3 is 2.79 bits per heavy atom. The number of halogens is 2. The van der Waals surface area contributed by atoms with Crippen molar-refractivity contribution in [3.05, 3.63) is 46.5 Å². The molecule has 0 amide bonds. The third-order valence-corrected chi connectivity index (χ3v) is 4.53. The molecule has 1 aromatic carbocycles. The minimum Gasteiger partial charge on any atom is -0.490 e. The lowest BCUT2D eigenvalue weighted by Crippen LogP contribution is -2.04. The topological polar surface area (TPSA) is 87.6 Å². The lowest BCUT2D eigenvalue weighted by Gasteiger charge is -2.09. The molecule has 3 heterocycles. The van der Waals surface area contributed by atoms with Gasteiger partial charge in [-0.2, -0.15) is 4.98 Å². The van der Waals surface area contributed by atoms with Gasteiger partial charge >= 0.3 is 0 Å². The van der Waals surface area contributed by atoms with Crippen LogP contribution in [0.1, 0.15) is 5.69 Å². The van der Waals surface area contributed by atoms with Gasteiger partial charge < -0.3 is 18.4 Å². The van der Waals surface area contributed by atoms with Gasteiger partial charge in [0.05, 0.1) is 28.5 Å². The first kappa shape index (κ1) is 18.7. The Hall–Kier alpha value is -2.68. The summed E-state index contributed by atoms with van der Waals surface area (Å²) in [6, 6.07) is 3.25. The second kappa shape index (κ2) is 7.75. The zero-order chi connectivity index (χ0) is 19.7. The minimum atomic E-state index is 0.268. The number of benzene rings is 1. The van der Waals surface area contributed by atoms with E-state index in [1.165, 1.54) is 0 Å². The summed E-state index contributed by atoms with van der Waals surface area (Å²) in [6.07, 6.45) is 5.33. The Balaban J connectivity index is 1.64. The van der Waals surface area contributed by atoms with Crippen LogP contribution in [0.3, 0.4) is 0 Å². The van der Waals surface area contributed by atoms with Crippen molar-refractivity contribution in [1.82, 2.24) is 24.5 Å². The third kappa shape index (κ3) is 3.66. The second-order valence-electron chi connectivity index (χ2n) is 5.95. The van der Waals surface area contributed by atoms with E-state index < -0.39 is 0 Å². The molecular formula is C18H15Cl2N5O3. The van der Waals surface area contributed by atoms with Crippen LogP contribution in [-0.4, -0.2) is 44.8 Å². The molecule has 28 heavy (non-hydrogen) atoms. The van der Waals surface area contributed by atoms with Gasteiger partial charge in [0.15, 0.2) is 5.65 Å².